The fraction of sp³-hybridized carbons (Fsp3) is 0. The lowest BCUT2D eigenvalue weighted by atomic mass is 10.3. The smallest absolute Gasteiger partial charge is 0.263 e. The number of aromatic nitrogens is 1. The number of nitrogens with zero attached hydrogens (tertiary/aromatic N) is 1. The summed E-state index contributed by atoms with van der Waals surface area (Å²) < 4.78 is 27.9. The molecule has 0 fully saturated rings. The number of rotatable bonds is 3. The summed E-state index contributed by atoms with van der Waals surface area (Å²) in [7, 11) is -3.71. The van der Waals surface area contributed by atoms with Gasteiger partial charge in [-0.1, -0.05) is 0 Å². The number of anilines is 2. The molecular weight excluding hydrogens is 398 g/mol. The van der Waals surface area contributed by atoms with Crippen LogP contribution in [0.25, 0.3) is 0 Å². The first-order valence-electron chi connectivity index (χ1n) is 5.08. The number of benzene rings is 1. The van der Waals surface area contributed by atoms with Gasteiger partial charge in [0.05, 0.1) is 11.9 Å². The van der Waals surface area contributed by atoms with E-state index < -0.39 is 10.0 Å². The zero-order valence-electron chi connectivity index (χ0n) is 9.47. The van der Waals surface area contributed by atoms with Gasteiger partial charge >= 0.3 is 0 Å². The summed E-state index contributed by atoms with van der Waals surface area (Å²) in [6, 6.07) is 7.84. The molecule has 0 aliphatic carbocycles. The molecule has 0 radical (unpaired) electrons. The molecule has 3 N–H and O–H groups in total. The molecule has 0 saturated carbocycles. The number of nitrogen functional groups attached to an aromatic ring is 1. The first-order chi connectivity index (χ1) is 8.88. The molecular formula is C11H9Br2N3O2S. The van der Waals surface area contributed by atoms with Crippen molar-refractivity contribution in [2.45, 2.75) is 4.90 Å². The lowest BCUT2D eigenvalue weighted by molar-refractivity contribution is 0.601. The average molecular weight is 407 g/mol. The third-order valence-corrected chi connectivity index (χ3v) is 5.07. The van der Waals surface area contributed by atoms with E-state index in [0.29, 0.717) is 20.5 Å². The molecule has 0 amide bonds. The summed E-state index contributed by atoms with van der Waals surface area (Å²) in [5, 5.41) is 0. The van der Waals surface area contributed by atoms with E-state index >= 15 is 0 Å². The lowest BCUT2D eigenvalue weighted by Crippen LogP contribution is -2.14. The van der Waals surface area contributed by atoms with Crippen molar-refractivity contribution in [3.8, 4) is 0 Å². The van der Waals surface area contributed by atoms with Crippen molar-refractivity contribution in [3.63, 3.8) is 0 Å². The molecule has 0 aliphatic heterocycles. The summed E-state index contributed by atoms with van der Waals surface area (Å²) in [4.78, 5) is 4.03. The van der Waals surface area contributed by atoms with Gasteiger partial charge in [-0.25, -0.2) is 13.4 Å². The number of sulfonamides is 1. The van der Waals surface area contributed by atoms with E-state index in [1.54, 1.807) is 24.3 Å². The summed E-state index contributed by atoms with van der Waals surface area (Å²) in [6.07, 6.45) is 1.42. The third-order valence-electron chi connectivity index (χ3n) is 2.22. The molecule has 19 heavy (non-hydrogen) atoms. The molecule has 2 rings (SSSR count). The molecule has 8 heteroatoms. The van der Waals surface area contributed by atoms with Gasteiger partial charge < -0.3 is 5.73 Å². The molecule has 1 aromatic carbocycles. The van der Waals surface area contributed by atoms with Gasteiger partial charge in [-0.15, -0.1) is 0 Å². The Morgan fingerprint density at radius 2 is 1.89 bits per heavy atom. The SMILES string of the molecule is Nc1ccc(Br)c(S(=O)(=O)Nc2ccc(Br)nc2)c1. The van der Waals surface area contributed by atoms with Crippen molar-refractivity contribution < 1.29 is 8.42 Å². The van der Waals surface area contributed by atoms with Gasteiger partial charge in [0.25, 0.3) is 10.0 Å². The number of nitrogens with two attached hydrogens (primary N) is 1. The Morgan fingerprint density at radius 3 is 2.53 bits per heavy atom. The third kappa shape index (κ3) is 3.46. The Bertz CT molecular complexity index is 702. The van der Waals surface area contributed by atoms with Gasteiger partial charge in [0.2, 0.25) is 0 Å². The van der Waals surface area contributed by atoms with Crippen LogP contribution in [0.15, 0.2) is 50.5 Å². The van der Waals surface area contributed by atoms with Crippen LogP contribution in [0.3, 0.4) is 0 Å². The number of hydrogen-bond acceptors (Lipinski definition) is 4. The van der Waals surface area contributed by atoms with E-state index in [-0.39, 0.29) is 4.90 Å². The molecule has 1 heterocycles. The number of halogens is 2. The van der Waals surface area contributed by atoms with Crippen molar-refractivity contribution >= 4 is 53.3 Å². The topological polar surface area (TPSA) is 85.1 Å². The Labute approximate surface area is 127 Å². The molecule has 2 aromatic rings. The minimum atomic E-state index is -3.71. The standard InChI is InChI=1S/C11H9Br2N3O2S/c12-9-3-1-7(14)5-10(9)19(17,18)16-8-2-4-11(13)15-6-8/h1-6,16H,14H2. The van der Waals surface area contributed by atoms with Crippen LogP contribution in [0.5, 0.6) is 0 Å². The van der Waals surface area contributed by atoms with Gasteiger partial charge in [0.1, 0.15) is 9.50 Å². The zero-order chi connectivity index (χ0) is 14.0. The van der Waals surface area contributed by atoms with Gasteiger partial charge in [-0.3, -0.25) is 4.72 Å². The molecule has 0 spiro atoms. The molecule has 0 saturated heterocycles. The summed E-state index contributed by atoms with van der Waals surface area (Å²) >= 11 is 6.37. The first-order valence-corrected chi connectivity index (χ1v) is 8.15. The van der Waals surface area contributed by atoms with Crippen LogP contribution in [0, 0.1) is 0 Å². The van der Waals surface area contributed by atoms with Gasteiger partial charge in [0.15, 0.2) is 0 Å². The Kier molecular flexibility index (Phi) is 4.12. The second kappa shape index (κ2) is 5.48. The lowest BCUT2D eigenvalue weighted by Gasteiger charge is -2.10. The van der Waals surface area contributed by atoms with Crippen molar-refractivity contribution in [1.29, 1.82) is 0 Å². The summed E-state index contributed by atoms with van der Waals surface area (Å²) in [5.74, 6) is 0. The predicted octanol–water partition coefficient (Wildman–Crippen LogP) is 2.99. The molecule has 0 unspecified atom stereocenters. The fourth-order valence-corrected chi connectivity index (χ4v) is 3.65. The number of nitrogens with one attached hydrogen (secondary N) is 1. The van der Waals surface area contributed by atoms with Crippen LogP contribution in [0.4, 0.5) is 11.4 Å². The van der Waals surface area contributed by atoms with Crippen molar-refractivity contribution in [3.05, 3.63) is 45.6 Å². The summed E-state index contributed by atoms with van der Waals surface area (Å²) in [6.45, 7) is 0. The van der Waals surface area contributed by atoms with E-state index in [0.717, 1.165) is 0 Å². The normalized spacial score (nSPS) is 11.3. The number of pyridine rings is 1. The Morgan fingerprint density at radius 1 is 1.16 bits per heavy atom. The average Bonchev–Trinajstić information content (AvgIpc) is 2.35. The van der Waals surface area contributed by atoms with E-state index in [1.807, 2.05) is 0 Å². The minimum Gasteiger partial charge on any atom is -0.399 e. The van der Waals surface area contributed by atoms with E-state index in [4.69, 9.17) is 5.73 Å². The highest BCUT2D eigenvalue weighted by Crippen LogP contribution is 2.26. The highest BCUT2D eigenvalue weighted by molar-refractivity contribution is 9.10. The Balaban J connectivity index is 2.37. The van der Waals surface area contributed by atoms with Crippen molar-refractivity contribution in [2.24, 2.45) is 0 Å². The maximum atomic E-state index is 12.2. The van der Waals surface area contributed by atoms with Crippen LogP contribution >= 0.6 is 31.9 Å². The zero-order valence-corrected chi connectivity index (χ0v) is 13.5. The number of hydrogen-bond donors (Lipinski definition) is 2. The van der Waals surface area contributed by atoms with Gasteiger partial charge in [-0.2, -0.15) is 0 Å². The minimum absolute atomic E-state index is 0.0791. The van der Waals surface area contributed by atoms with Crippen LogP contribution in [-0.4, -0.2) is 13.4 Å². The van der Waals surface area contributed by atoms with E-state index in [9.17, 15) is 8.42 Å². The second-order valence-electron chi connectivity index (χ2n) is 3.66. The van der Waals surface area contributed by atoms with Crippen LogP contribution in [0.1, 0.15) is 0 Å². The van der Waals surface area contributed by atoms with Crippen molar-refractivity contribution in [1.82, 2.24) is 4.98 Å². The second-order valence-corrected chi connectivity index (χ2v) is 6.98. The molecule has 0 atom stereocenters. The highest BCUT2D eigenvalue weighted by atomic mass is 79.9. The van der Waals surface area contributed by atoms with Crippen LogP contribution < -0.4 is 10.5 Å². The molecule has 1 aromatic heterocycles. The molecule has 0 aliphatic rings. The molecule has 100 valence electrons. The van der Waals surface area contributed by atoms with E-state index in [1.165, 1.54) is 12.3 Å². The molecule has 5 nitrogen and oxygen atoms in total. The van der Waals surface area contributed by atoms with Crippen molar-refractivity contribution in [2.75, 3.05) is 10.5 Å². The summed E-state index contributed by atoms with van der Waals surface area (Å²) in [5.41, 5.74) is 6.35. The predicted molar refractivity (Wildman–Crippen MR) is 81.3 cm³/mol. The quantitative estimate of drug-likeness (QED) is 0.606. The van der Waals surface area contributed by atoms with E-state index in [2.05, 4.69) is 41.6 Å². The van der Waals surface area contributed by atoms with Gasteiger partial charge in [0, 0.05) is 10.2 Å². The monoisotopic (exact) mass is 405 g/mol. The van der Waals surface area contributed by atoms with Crippen LogP contribution in [-0.2, 0) is 10.0 Å². The molecule has 0 bridgehead atoms. The first kappa shape index (κ1) is 14.3. The highest BCUT2D eigenvalue weighted by Gasteiger charge is 2.18. The Hall–Kier alpha value is -1.12. The fourth-order valence-electron chi connectivity index (χ4n) is 1.37. The maximum Gasteiger partial charge on any atom is 0.263 e. The largest absolute Gasteiger partial charge is 0.399 e. The van der Waals surface area contributed by atoms with Crippen LogP contribution in [0.2, 0.25) is 0 Å². The maximum absolute atomic E-state index is 12.2. The van der Waals surface area contributed by atoms with Gasteiger partial charge in [-0.05, 0) is 62.2 Å².